The zero-order chi connectivity index (χ0) is 26.9. The monoisotopic (exact) mass is 550 g/mol. The third-order valence-corrected chi connectivity index (χ3v) is 6.38. The van der Waals surface area contributed by atoms with Crippen LogP contribution in [-0.2, 0) is 22.6 Å². The zero-order valence-electron chi connectivity index (χ0n) is 18.9. The molecule has 1 aromatic heterocycles. The first-order valence-corrected chi connectivity index (χ1v) is 12.4. The van der Waals surface area contributed by atoms with Gasteiger partial charge in [0.05, 0.1) is 22.2 Å². The third-order valence-electron chi connectivity index (χ3n) is 5.41. The smallest absolute Gasteiger partial charge is 0.341 e. The van der Waals surface area contributed by atoms with E-state index in [9.17, 15) is 31.2 Å². The summed E-state index contributed by atoms with van der Waals surface area (Å²) in [5, 5.41) is 5.49. The molecule has 0 aliphatic rings. The van der Waals surface area contributed by atoms with Crippen molar-refractivity contribution in [1.82, 2.24) is 9.97 Å². The molecule has 0 spiro atoms. The van der Waals surface area contributed by atoms with Crippen molar-refractivity contribution in [2.75, 3.05) is 10.6 Å². The van der Waals surface area contributed by atoms with E-state index in [1.54, 1.807) is 25.1 Å². The lowest BCUT2D eigenvalue weighted by molar-refractivity contribution is -0.137. The number of aromatic amines is 1. The lowest BCUT2D eigenvalue weighted by Crippen LogP contribution is -2.19. The van der Waals surface area contributed by atoms with Gasteiger partial charge in [-0.1, -0.05) is 29.8 Å². The van der Waals surface area contributed by atoms with Crippen molar-refractivity contribution in [2.24, 2.45) is 0 Å². The third kappa shape index (κ3) is 5.75. The van der Waals surface area contributed by atoms with Crippen LogP contribution in [0.4, 0.5) is 24.5 Å². The number of carbonyl (C=O) groups excluding carboxylic acids is 2. The van der Waals surface area contributed by atoms with Gasteiger partial charge < -0.3 is 15.6 Å². The number of anilines is 2. The molecule has 0 fully saturated rings. The maximum Gasteiger partial charge on any atom is 0.417 e. The molecule has 0 saturated carbocycles. The van der Waals surface area contributed by atoms with Crippen molar-refractivity contribution >= 4 is 56.5 Å². The van der Waals surface area contributed by atoms with Crippen LogP contribution in [0.5, 0.6) is 0 Å². The summed E-state index contributed by atoms with van der Waals surface area (Å²) in [5.74, 6) is -2.09. The molecule has 192 valence electrons. The van der Waals surface area contributed by atoms with Crippen LogP contribution in [0.3, 0.4) is 0 Å². The molecule has 0 radical (unpaired) electrons. The number of alkyl halides is 3. The molecule has 0 saturated heterocycles. The summed E-state index contributed by atoms with van der Waals surface area (Å²) in [7, 11) is -2.84. The number of halogens is 4. The highest BCUT2D eigenvalue weighted by Crippen LogP contribution is 2.33. The van der Waals surface area contributed by atoms with Crippen molar-refractivity contribution in [3.8, 4) is 0 Å². The summed E-state index contributed by atoms with van der Waals surface area (Å²) in [6, 6.07) is 11.8. The number of hydrogen-bond acceptors (Lipinski definition) is 5. The zero-order valence-corrected chi connectivity index (χ0v) is 20.6. The second kappa shape index (κ2) is 10.2. The first-order chi connectivity index (χ1) is 17.4. The van der Waals surface area contributed by atoms with Crippen molar-refractivity contribution in [3.63, 3.8) is 0 Å². The summed E-state index contributed by atoms with van der Waals surface area (Å²) in [6.07, 6.45) is -4.76. The van der Waals surface area contributed by atoms with Gasteiger partial charge in [-0.2, -0.15) is 13.2 Å². The molecule has 0 bridgehead atoms. The average Bonchev–Trinajstić information content (AvgIpc) is 3.22. The molecule has 1 heterocycles. The number of hydrogen-bond donors (Lipinski definition) is 4. The minimum absolute atomic E-state index is 0.0100. The van der Waals surface area contributed by atoms with E-state index in [4.69, 9.17) is 11.6 Å². The number of imidazole rings is 1. The predicted molar refractivity (Wildman–Crippen MR) is 134 cm³/mol. The number of nitrogens with one attached hydrogen (secondary N) is 3. The minimum Gasteiger partial charge on any atom is -0.341 e. The second-order valence-corrected chi connectivity index (χ2v) is 9.35. The summed E-state index contributed by atoms with van der Waals surface area (Å²) in [5.41, 5.74) is -0.496. The van der Waals surface area contributed by atoms with E-state index in [0.717, 1.165) is 12.1 Å². The Morgan fingerprint density at radius 1 is 1.00 bits per heavy atom. The van der Waals surface area contributed by atoms with E-state index < -0.39 is 45.6 Å². The van der Waals surface area contributed by atoms with Crippen molar-refractivity contribution in [1.29, 1.82) is 0 Å². The van der Waals surface area contributed by atoms with Crippen LogP contribution in [-0.4, -0.2) is 30.2 Å². The summed E-state index contributed by atoms with van der Waals surface area (Å²) < 4.78 is 62.6. The number of amides is 2. The Bertz CT molecular complexity index is 1610. The number of rotatable bonds is 6. The Hall–Kier alpha value is -3.90. The van der Waals surface area contributed by atoms with Gasteiger partial charge in [-0.05, 0) is 48.9 Å². The Morgan fingerprint density at radius 3 is 2.41 bits per heavy atom. The Morgan fingerprint density at radius 2 is 1.70 bits per heavy atom. The molecule has 0 atom stereocenters. The van der Waals surface area contributed by atoms with Gasteiger partial charge in [-0.15, -0.1) is 0 Å². The van der Waals surface area contributed by atoms with Crippen LogP contribution in [0.15, 0.2) is 54.6 Å². The molecule has 4 rings (SSSR count). The van der Waals surface area contributed by atoms with Gasteiger partial charge in [-0.3, -0.25) is 9.59 Å². The molecule has 8 nitrogen and oxygen atoms in total. The van der Waals surface area contributed by atoms with E-state index in [0.29, 0.717) is 16.3 Å². The Labute approximate surface area is 214 Å². The number of fused-ring (bicyclic) bond motifs is 1. The Kier molecular flexibility index (Phi) is 7.23. The first-order valence-electron chi connectivity index (χ1n) is 10.6. The van der Waals surface area contributed by atoms with E-state index in [1.807, 2.05) is 0 Å². The largest absolute Gasteiger partial charge is 0.417 e. The topological polar surface area (TPSA) is 121 Å². The molecule has 2 amide bonds. The quantitative estimate of drug-likeness (QED) is 0.247. The molecule has 4 aromatic rings. The van der Waals surface area contributed by atoms with Crippen LogP contribution in [0.2, 0.25) is 5.02 Å². The highest BCUT2D eigenvalue weighted by molar-refractivity contribution is 7.71. The predicted octanol–water partition coefficient (Wildman–Crippen LogP) is 5.16. The standard InChI is InChI=1S/C24H18ClF3N4O4S/c1-12-17(25)7-4-8-18(12)31-23(34)15-9-13(10-19-21(15)32-20(30-19)11-37(35)36)29-22(33)14-5-2-3-6-16(14)24(26,27)28/h2-10,37H,11H2,1H3,(H,29,33)(H,30,32)(H,31,34). The van der Waals surface area contributed by atoms with Crippen LogP contribution in [0, 0.1) is 6.92 Å². The van der Waals surface area contributed by atoms with Crippen molar-refractivity contribution < 1.29 is 31.2 Å². The summed E-state index contributed by atoms with van der Waals surface area (Å²) >= 11 is 6.12. The fourth-order valence-electron chi connectivity index (χ4n) is 3.67. The lowest BCUT2D eigenvalue weighted by Gasteiger charge is -2.14. The van der Waals surface area contributed by atoms with Gasteiger partial charge in [-0.25, -0.2) is 13.4 Å². The number of nitrogens with zero attached hydrogens (tertiary/aromatic N) is 1. The van der Waals surface area contributed by atoms with Gasteiger partial charge in [0.2, 0.25) is 0 Å². The SMILES string of the molecule is Cc1c(Cl)cccc1NC(=O)c1cc(NC(=O)c2ccccc2C(F)(F)F)cc2[nH]c(C[SH](=O)=O)nc12. The molecule has 3 N–H and O–H groups in total. The van der Waals surface area contributed by atoms with Crippen molar-refractivity contribution in [2.45, 2.75) is 18.9 Å². The van der Waals surface area contributed by atoms with Crippen LogP contribution in [0.1, 0.15) is 37.7 Å². The summed E-state index contributed by atoms with van der Waals surface area (Å²) in [4.78, 5) is 33.0. The normalized spacial score (nSPS) is 11.6. The number of carbonyl (C=O) groups is 2. The molecule has 37 heavy (non-hydrogen) atoms. The maximum atomic E-state index is 13.4. The fraction of sp³-hybridized carbons (Fsp3) is 0.125. The van der Waals surface area contributed by atoms with Gasteiger partial charge in [0.15, 0.2) is 0 Å². The van der Waals surface area contributed by atoms with E-state index in [1.165, 1.54) is 24.3 Å². The van der Waals surface area contributed by atoms with Crippen LogP contribution < -0.4 is 10.6 Å². The second-order valence-electron chi connectivity index (χ2n) is 7.96. The van der Waals surface area contributed by atoms with Gasteiger partial charge in [0.25, 0.3) is 11.8 Å². The molecule has 0 aliphatic heterocycles. The molecule has 0 aliphatic carbocycles. The molecule has 13 heteroatoms. The lowest BCUT2D eigenvalue weighted by atomic mass is 10.1. The number of benzene rings is 3. The van der Waals surface area contributed by atoms with Crippen molar-refractivity contribution in [3.05, 3.63) is 87.7 Å². The maximum absolute atomic E-state index is 13.4. The summed E-state index contributed by atoms with van der Waals surface area (Å²) in [6.45, 7) is 1.69. The minimum atomic E-state index is -4.76. The van der Waals surface area contributed by atoms with Gasteiger partial charge in [0.1, 0.15) is 27.8 Å². The number of H-pyrrole nitrogens is 1. The molecular formula is C24H18ClF3N4O4S. The molecule has 0 unspecified atom stereocenters. The number of thiol groups is 1. The molecule has 3 aromatic carbocycles. The van der Waals surface area contributed by atoms with Gasteiger partial charge >= 0.3 is 6.18 Å². The average molecular weight is 551 g/mol. The Balaban J connectivity index is 1.76. The highest BCUT2D eigenvalue weighted by atomic mass is 35.5. The van der Waals surface area contributed by atoms with E-state index in [2.05, 4.69) is 20.6 Å². The van der Waals surface area contributed by atoms with Crippen LogP contribution >= 0.6 is 11.6 Å². The fourth-order valence-corrected chi connectivity index (χ4v) is 4.24. The van der Waals surface area contributed by atoms with Crippen LogP contribution in [0.25, 0.3) is 11.0 Å². The van der Waals surface area contributed by atoms with E-state index in [-0.39, 0.29) is 28.1 Å². The molecular weight excluding hydrogens is 533 g/mol. The number of aromatic nitrogens is 2. The first kappa shape index (κ1) is 26.2. The highest BCUT2D eigenvalue weighted by Gasteiger charge is 2.35. The van der Waals surface area contributed by atoms with E-state index >= 15 is 0 Å². The van der Waals surface area contributed by atoms with Gasteiger partial charge in [0, 0.05) is 16.4 Å².